The molecule has 1 N–H and O–H groups in total. The van der Waals surface area contributed by atoms with E-state index in [1.807, 2.05) is 18.2 Å². The molecule has 2 aliphatic rings. The molecule has 8 heteroatoms. The van der Waals surface area contributed by atoms with E-state index in [9.17, 15) is 13.5 Å². The first-order valence-electron chi connectivity index (χ1n) is 11.7. The SMILES string of the molecule is COc1cccc(-c2ccc([C@H]3[C@@H](CO)N4CCCCN(S(=O)(=O)c5cccs5)C[C@H]34)cc2)c1. The molecule has 3 atom stereocenters. The molecule has 34 heavy (non-hydrogen) atoms. The molecule has 2 saturated heterocycles. The van der Waals surface area contributed by atoms with Crippen LogP contribution in [0.4, 0.5) is 0 Å². The van der Waals surface area contributed by atoms with E-state index in [1.165, 1.54) is 11.3 Å². The van der Waals surface area contributed by atoms with Crippen LogP contribution in [0.5, 0.6) is 5.75 Å². The Morgan fingerprint density at radius 1 is 1.03 bits per heavy atom. The van der Waals surface area contributed by atoms with Gasteiger partial charge in [-0.15, -0.1) is 11.3 Å². The zero-order valence-corrected chi connectivity index (χ0v) is 20.8. The highest BCUT2D eigenvalue weighted by atomic mass is 32.2. The van der Waals surface area contributed by atoms with E-state index in [0.29, 0.717) is 17.3 Å². The first-order valence-corrected chi connectivity index (χ1v) is 14.0. The summed E-state index contributed by atoms with van der Waals surface area (Å²) in [6.07, 6.45) is 1.75. The maximum absolute atomic E-state index is 13.3. The third kappa shape index (κ3) is 4.29. The lowest BCUT2D eigenvalue weighted by molar-refractivity contribution is -0.0553. The van der Waals surface area contributed by atoms with Gasteiger partial charge in [-0.3, -0.25) is 4.90 Å². The lowest BCUT2D eigenvalue weighted by atomic mass is 9.74. The minimum absolute atomic E-state index is 0.0112. The van der Waals surface area contributed by atoms with Crippen LogP contribution < -0.4 is 4.74 Å². The first kappa shape index (κ1) is 23.5. The summed E-state index contributed by atoms with van der Waals surface area (Å²) < 4.78 is 34.0. The lowest BCUT2D eigenvalue weighted by Crippen LogP contribution is -2.67. The third-order valence-corrected chi connectivity index (χ3v) is 10.4. The maximum atomic E-state index is 13.3. The minimum Gasteiger partial charge on any atom is -0.497 e. The topological polar surface area (TPSA) is 70.1 Å². The molecule has 0 aliphatic carbocycles. The number of benzene rings is 2. The van der Waals surface area contributed by atoms with Crippen LogP contribution in [0.15, 0.2) is 70.3 Å². The average Bonchev–Trinajstić information content (AvgIpc) is 3.39. The van der Waals surface area contributed by atoms with Gasteiger partial charge in [0.2, 0.25) is 0 Å². The van der Waals surface area contributed by atoms with Gasteiger partial charge in [-0.1, -0.05) is 42.5 Å². The van der Waals surface area contributed by atoms with Crippen molar-refractivity contribution in [1.82, 2.24) is 9.21 Å². The summed E-state index contributed by atoms with van der Waals surface area (Å²) in [5.74, 6) is 0.904. The van der Waals surface area contributed by atoms with E-state index in [0.717, 1.165) is 41.8 Å². The number of rotatable bonds is 6. The highest BCUT2D eigenvalue weighted by Crippen LogP contribution is 2.43. The molecule has 0 unspecified atom stereocenters. The van der Waals surface area contributed by atoms with Gasteiger partial charge in [-0.05, 0) is 59.7 Å². The van der Waals surface area contributed by atoms with Crippen molar-refractivity contribution in [2.75, 3.05) is 33.4 Å². The molecule has 6 nitrogen and oxygen atoms in total. The molecule has 1 aromatic heterocycles. The molecule has 2 aromatic carbocycles. The first-order chi connectivity index (χ1) is 16.5. The van der Waals surface area contributed by atoms with Crippen molar-refractivity contribution in [2.45, 2.75) is 35.1 Å². The van der Waals surface area contributed by atoms with Gasteiger partial charge in [0.25, 0.3) is 10.0 Å². The Kier molecular flexibility index (Phi) is 6.77. The van der Waals surface area contributed by atoms with E-state index in [-0.39, 0.29) is 24.6 Å². The number of hydrogen-bond acceptors (Lipinski definition) is 6. The van der Waals surface area contributed by atoms with Crippen LogP contribution in [-0.2, 0) is 10.0 Å². The number of nitrogens with zero attached hydrogens (tertiary/aromatic N) is 2. The molecular formula is C26H30N2O4S2. The Morgan fingerprint density at radius 3 is 2.53 bits per heavy atom. The second kappa shape index (κ2) is 9.79. The van der Waals surface area contributed by atoms with Gasteiger partial charge in [0.1, 0.15) is 9.96 Å². The van der Waals surface area contributed by atoms with Crippen LogP contribution in [-0.4, -0.2) is 68.2 Å². The predicted octanol–water partition coefficient (Wildman–Crippen LogP) is 4.04. The zero-order chi connectivity index (χ0) is 23.7. The van der Waals surface area contributed by atoms with Gasteiger partial charge in [-0.2, -0.15) is 4.31 Å². The molecule has 2 fully saturated rings. The Balaban J connectivity index is 1.41. The second-order valence-corrected chi connectivity index (χ2v) is 12.0. The standard InChI is InChI=1S/C26H30N2O4S2/c1-32-22-7-4-6-21(16-22)19-9-11-20(12-10-19)26-23-17-27(34(30,31)25-8-5-15-33-25)13-2-3-14-28(23)24(26)18-29/h4-12,15-16,23-24,26,29H,2-3,13-14,17-18H2,1H3/t23-,24-,26-/m1/s1. The summed E-state index contributed by atoms with van der Waals surface area (Å²) >= 11 is 1.27. The molecular weight excluding hydrogens is 468 g/mol. The van der Waals surface area contributed by atoms with E-state index in [1.54, 1.807) is 28.9 Å². The Labute approximate surface area is 205 Å². The van der Waals surface area contributed by atoms with Crippen molar-refractivity contribution in [1.29, 1.82) is 0 Å². The van der Waals surface area contributed by atoms with Crippen molar-refractivity contribution in [3.8, 4) is 16.9 Å². The monoisotopic (exact) mass is 498 g/mol. The van der Waals surface area contributed by atoms with Crippen LogP contribution in [0.1, 0.15) is 24.3 Å². The quantitative estimate of drug-likeness (QED) is 0.556. The van der Waals surface area contributed by atoms with Crippen LogP contribution in [0.2, 0.25) is 0 Å². The molecule has 5 rings (SSSR count). The minimum atomic E-state index is -3.51. The van der Waals surface area contributed by atoms with Crippen LogP contribution in [0.3, 0.4) is 0 Å². The van der Waals surface area contributed by atoms with Gasteiger partial charge >= 0.3 is 0 Å². The van der Waals surface area contributed by atoms with Gasteiger partial charge in [-0.25, -0.2) is 8.42 Å². The number of aliphatic hydroxyl groups excluding tert-OH is 1. The van der Waals surface area contributed by atoms with E-state index in [4.69, 9.17) is 4.74 Å². The zero-order valence-electron chi connectivity index (χ0n) is 19.2. The van der Waals surface area contributed by atoms with Crippen LogP contribution in [0, 0.1) is 0 Å². The summed E-state index contributed by atoms with van der Waals surface area (Å²) in [5, 5.41) is 12.0. The number of aliphatic hydroxyl groups is 1. The fraction of sp³-hybridized carbons (Fsp3) is 0.385. The van der Waals surface area contributed by atoms with Crippen molar-refractivity contribution in [2.24, 2.45) is 0 Å². The molecule has 0 bridgehead atoms. The van der Waals surface area contributed by atoms with E-state index >= 15 is 0 Å². The number of methoxy groups -OCH3 is 1. The highest BCUT2D eigenvalue weighted by Gasteiger charge is 2.50. The summed E-state index contributed by atoms with van der Waals surface area (Å²) in [4.78, 5) is 2.30. The third-order valence-electron chi connectivity index (χ3n) is 7.12. The number of thiophene rings is 1. The molecule has 0 saturated carbocycles. The molecule has 3 heterocycles. The summed E-state index contributed by atoms with van der Waals surface area (Å²) in [5.41, 5.74) is 3.32. The molecule has 2 aliphatic heterocycles. The lowest BCUT2D eigenvalue weighted by Gasteiger charge is -2.57. The normalized spacial score (nSPS) is 24.0. The fourth-order valence-electron chi connectivity index (χ4n) is 5.36. The average molecular weight is 499 g/mol. The molecule has 180 valence electrons. The van der Waals surface area contributed by atoms with Crippen LogP contribution >= 0.6 is 11.3 Å². The largest absolute Gasteiger partial charge is 0.497 e. The summed E-state index contributed by atoms with van der Waals surface area (Å²) in [6.45, 7) is 1.94. The Hall–Kier alpha value is -2.23. The Morgan fingerprint density at radius 2 is 1.82 bits per heavy atom. The van der Waals surface area contributed by atoms with Gasteiger partial charge in [0, 0.05) is 31.1 Å². The molecule has 3 aromatic rings. The maximum Gasteiger partial charge on any atom is 0.252 e. The summed E-state index contributed by atoms with van der Waals surface area (Å²) in [7, 11) is -1.85. The van der Waals surface area contributed by atoms with Crippen LogP contribution in [0.25, 0.3) is 11.1 Å². The number of ether oxygens (including phenoxy) is 1. The molecule has 0 amide bonds. The molecule has 0 radical (unpaired) electrons. The fourth-order valence-corrected chi connectivity index (χ4v) is 8.01. The van der Waals surface area contributed by atoms with Gasteiger partial charge in [0.05, 0.1) is 13.7 Å². The highest BCUT2D eigenvalue weighted by molar-refractivity contribution is 7.91. The van der Waals surface area contributed by atoms with E-state index in [2.05, 4.69) is 35.2 Å². The summed E-state index contributed by atoms with van der Waals surface area (Å²) in [6, 6.07) is 19.9. The van der Waals surface area contributed by atoms with Crippen molar-refractivity contribution < 1.29 is 18.3 Å². The van der Waals surface area contributed by atoms with Gasteiger partial charge in [0.15, 0.2) is 0 Å². The smallest absolute Gasteiger partial charge is 0.252 e. The second-order valence-electron chi connectivity index (χ2n) is 8.94. The van der Waals surface area contributed by atoms with E-state index < -0.39 is 10.0 Å². The van der Waals surface area contributed by atoms with Crippen molar-refractivity contribution in [3.63, 3.8) is 0 Å². The van der Waals surface area contributed by atoms with Crippen molar-refractivity contribution in [3.05, 3.63) is 71.6 Å². The Bertz CT molecular complexity index is 1210. The predicted molar refractivity (Wildman–Crippen MR) is 135 cm³/mol. The number of hydrogen-bond donors (Lipinski definition) is 1. The number of fused-ring (bicyclic) bond motifs is 1. The number of sulfonamides is 1. The molecule has 0 spiro atoms. The van der Waals surface area contributed by atoms with Crippen molar-refractivity contribution >= 4 is 21.4 Å². The van der Waals surface area contributed by atoms with Gasteiger partial charge < -0.3 is 9.84 Å².